The molecule has 0 saturated carbocycles. The number of aromatic amines is 1. The van der Waals surface area contributed by atoms with Gasteiger partial charge in [-0.15, -0.1) is 0 Å². The molecule has 5 atom stereocenters. The Hall–Kier alpha value is -4.71. The molecule has 12 heteroatoms. The van der Waals surface area contributed by atoms with Gasteiger partial charge in [-0.2, -0.15) is 0 Å². The summed E-state index contributed by atoms with van der Waals surface area (Å²) in [6, 6.07) is 10.7. The first-order valence-corrected chi connectivity index (χ1v) is 13.8. The van der Waals surface area contributed by atoms with Crippen molar-refractivity contribution in [3.05, 3.63) is 83.9 Å². The van der Waals surface area contributed by atoms with Crippen molar-refractivity contribution in [2.75, 3.05) is 0 Å². The lowest BCUT2D eigenvalue weighted by Crippen LogP contribution is -2.58. The number of hydrogen-bond acceptors (Lipinski definition) is 7. The Morgan fingerprint density at radius 2 is 1.38 bits per heavy atom. The number of carboxylic acid groups (broad SMARTS) is 1. The molecule has 0 aliphatic rings. The van der Waals surface area contributed by atoms with Gasteiger partial charge in [-0.05, 0) is 29.2 Å². The Morgan fingerprint density at radius 3 is 1.90 bits per heavy atom. The monoisotopic (exact) mass is 578 g/mol. The molecule has 0 bridgehead atoms. The van der Waals surface area contributed by atoms with Crippen LogP contribution < -0.4 is 21.7 Å². The lowest BCUT2D eigenvalue weighted by atomic mass is 9.98. The maximum absolute atomic E-state index is 13.7. The lowest BCUT2D eigenvalue weighted by Gasteiger charge is -2.26. The third kappa shape index (κ3) is 9.44. The number of aromatic nitrogens is 2. The molecule has 0 aliphatic heterocycles. The molecule has 0 saturated heterocycles. The molecule has 42 heavy (non-hydrogen) atoms. The summed E-state index contributed by atoms with van der Waals surface area (Å²) in [5, 5.41) is 27.4. The van der Waals surface area contributed by atoms with Crippen LogP contribution in [0.25, 0.3) is 0 Å². The first kappa shape index (κ1) is 31.8. The average Bonchev–Trinajstić information content (AvgIpc) is 3.50. The van der Waals surface area contributed by atoms with Crippen molar-refractivity contribution in [3.63, 3.8) is 0 Å². The van der Waals surface area contributed by atoms with Crippen molar-refractivity contribution >= 4 is 23.7 Å². The summed E-state index contributed by atoms with van der Waals surface area (Å²) in [6.07, 6.45) is 3.60. The number of H-pyrrole nitrogens is 1. The smallest absolute Gasteiger partial charge is 0.326 e. The normalized spacial score (nSPS) is 14.5. The zero-order valence-corrected chi connectivity index (χ0v) is 23.6. The van der Waals surface area contributed by atoms with Crippen molar-refractivity contribution in [1.82, 2.24) is 25.9 Å². The Kier molecular flexibility index (Phi) is 11.6. The number of nitrogens with zero attached hydrogens (tertiary/aromatic N) is 1. The fourth-order valence-corrected chi connectivity index (χ4v) is 4.28. The van der Waals surface area contributed by atoms with E-state index in [0.717, 1.165) is 5.56 Å². The number of carbonyl (C=O) groups excluding carboxylic acids is 3. The Labute approximate surface area is 244 Å². The van der Waals surface area contributed by atoms with Gasteiger partial charge in [0.15, 0.2) is 0 Å². The summed E-state index contributed by atoms with van der Waals surface area (Å²) in [4.78, 5) is 58.7. The van der Waals surface area contributed by atoms with E-state index in [1.54, 1.807) is 12.1 Å². The van der Waals surface area contributed by atoms with Gasteiger partial charge in [0.2, 0.25) is 17.7 Å². The molecule has 2 aromatic carbocycles. The van der Waals surface area contributed by atoms with E-state index in [1.807, 2.05) is 44.2 Å². The van der Waals surface area contributed by atoms with Crippen molar-refractivity contribution in [1.29, 1.82) is 0 Å². The molecule has 5 unspecified atom stereocenters. The second-order valence-electron chi connectivity index (χ2n) is 10.3. The summed E-state index contributed by atoms with van der Waals surface area (Å²) in [7, 11) is 0. The van der Waals surface area contributed by atoms with E-state index in [9.17, 15) is 29.4 Å². The summed E-state index contributed by atoms with van der Waals surface area (Å²) in [5.74, 6) is -3.22. The predicted molar refractivity (Wildman–Crippen MR) is 155 cm³/mol. The molecular weight excluding hydrogens is 540 g/mol. The molecular formula is C30H38N6O6. The van der Waals surface area contributed by atoms with Gasteiger partial charge < -0.3 is 36.9 Å². The molecule has 224 valence electrons. The zero-order valence-electron chi connectivity index (χ0n) is 23.6. The first-order chi connectivity index (χ1) is 20.1. The quantitative estimate of drug-likeness (QED) is 0.139. The van der Waals surface area contributed by atoms with Crippen LogP contribution in [0, 0.1) is 5.92 Å². The van der Waals surface area contributed by atoms with E-state index in [1.165, 1.54) is 24.7 Å². The van der Waals surface area contributed by atoms with Crippen LogP contribution in [0.2, 0.25) is 0 Å². The second kappa shape index (κ2) is 15.3. The van der Waals surface area contributed by atoms with Crippen LogP contribution in [0.3, 0.4) is 0 Å². The number of imidazole rings is 1. The van der Waals surface area contributed by atoms with Crippen LogP contribution in [0.15, 0.2) is 67.1 Å². The number of phenols is 1. The Morgan fingerprint density at radius 1 is 0.833 bits per heavy atom. The molecule has 8 N–H and O–H groups in total. The standard InChI is InChI=1S/C30H38N6O6/c1-3-18(2)26(31)29(40)35-24(13-19-7-5-4-6-8-19)27(38)34-23(14-20-9-11-22(37)12-10-20)28(39)36-25(30(41)42)15-21-16-32-17-33-21/h4-12,16-18,23-26,37H,3,13-15,31H2,1-2H3,(H,32,33)(H,34,38)(H,35,40)(H,36,39)(H,41,42). The summed E-state index contributed by atoms with van der Waals surface area (Å²) < 4.78 is 0. The average molecular weight is 579 g/mol. The van der Waals surface area contributed by atoms with Gasteiger partial charge in [-0.3, -0.25) is 14.4 Å². The fourth-order valence-electron chi connectivity index (χ4n) is 4.28. The molecule has 0 aliphatic carbocycles. The van der Waals surface area contributed by atoms with Crippen LogP contribution in [0.4, 0.5) is 0 Å². The molecule has 3 rings (SSSR count). The van der Waals surface area contributed by atoms with Gasteiger partial charge in [-0.25, -0.2) is 9.78 Å². The van der Waals surface area contributed by atoms with Crippen LogP contribution >= 0.6 is 0 Å². The maximum Gasteiger partial charge on any atom is 0.326 e. The number of carboxylic acids is 1. The first-order valence-electron chi connectivity index (χ1n) is 13.8. The van der Waals surface area contributed by atoms with E-state index in [-0.39, 0.29) is 30.9 Å². The van der Waals surface area contributed by atoms with Crippen molar-refractivity contribution in [2.24, 2.45) is 11.7 Å². The number of phenolic OH excluding ortho intramolecular Hbond substituents is 1. The van der Waals surface area contributed by atoms with Crippen LogP contribution in [0.5, 0.6) is 5.75 Å². The minimum atomic E-state index is -1.30. The highest BCUT2D eigenvalue weighted by Gasteiger charge is 2.31. The van der Waals surface area contributed by atoms with E-state index >= 15 is 0 Å². The van der Waals surface area contributed by atoms with Gasteiger partial charge in [0.25, 0.3) is 0 Å². The number of carbonyl (C=O) groups is 4. The highest BCUT2D eigenvalue weighted by atomic mass is 16.4. The highest BCUT2D eigenvalue weighted by molar-refractivity contribution is 5.94. The van der Waals surface area contributed by atoms with Crippen molar-refractivity contribution in [3.8, 4) is 5.75 Å². The number of aliphatic carboxylic acids is 1. The van der Waals surface area contributed by atoms with Gasteiger partial charge in [0.1, 0.15) is 23.9 Å². The molecule has 0 spiro atoms. The topological polar surface area (TPSA) is 200 Å². The van der Waals surface area contributed by atoms with E-state index < -0.39 is 47.9 Å². The second-order valence-corrected chi connectivity index (χ2v) is 10.3. The van der Waals surface area contributed by atoms with E-state index in [2.05, 4.69) is 25.9 Å². The third-order valence-electron chi connectivity index (χ3n) is 7.08. The SMILES string of the molecule is CCC(C)C(N)C(=O)NC(Cc1ccccc1)C(=O)NC(Cc1ccc(O)cc1)C(=O)NC(Cc1cnc[nH]1)C(=O)O. The minimum Gasteiger partial charge on any atom is -0.508 e. The summed E-state index contributed by atoms with van der Waals surface area (Å²) >= 11 is 0. The number of amides is 3. The number of nitrogens with two attached hydrogens (primary N) is 1. The van der Waals surface area contributed by atoms with E-state index in [0.29, 0.717) is 17.7 Å². The predicted octanol–water partition coefficient (Wildman–Crippen LogP) is 1.06. The van der Waals surface area contributed by atoms with Gasteiger partial charge in [-0.1, -0.05) is 62.7 Å². The molecule has 0 fully saturated rings. The molecule has 3 aromatic rings. The largest absolute Gasteiger partial charge is 0.508 e. The van der Waals surface area contributed by atoms with Gasteiger partial charge in [0, 0.05) is 31.2 Å². The third-order valence-corrected chi connectivity index (χ3v) is 7.08. The number of aromatic hydroxyl groups is 1. The Balaban J connectivity index is 1.85. The van der Waals surface area contributed by atoms with Crippen LogP contribution in [-0.2, 0) is 38.4 Å². The van der Waals surface area contributed by atoms with Crippen molar-refractivity contribution < 1.29 is 29.4 Å². The number of rotatable bonds is 15. The number of hydrogen-bond donors (Lipinski definition) is 7. The summed E-state index contributed by atoms with van der Waals surface area (Å²) in [5.41, 5.74) is 8.01. The zero-order chi connectivity index (χ0) is 30.6. The highest BCUT2D eigenvalue weighted by Crippen LogP contribution is 2.13. The van der Waals surface area contributed by atoms with Gasteiger partial charge in [0.05, 0.1) is 12.4 Å². The molecule has 0 radical (unpaired) electrons. The molecule has 1 heterocycles. The lowest BCUT2D eigenvalue weighted by molar-refractivity contribution is -0.142. The summed E-state index contributed by atoms with van der Waals surface area (Å²) in [6.45, 7) is 3.76. The van der Waals surface area contributed by atoms with Gasteiger partial charge >= 0.3 is 5.97 Å². The number of nitrogens with one attached hydrogen (secondary N) is 4. The van der Waals surface area contributed by atoms with Crippen LogP contribution in [0.1, 0.15) is 37.1 Å². The molecule has 1 aromatic heterocycles. The van der Waals surface area contributed by atoms with Crippen LogP contribution in [-0.4, -0.2) is 68.0 Å². The Bertz CT molecular complexity index is 1320. The van der Waals surface area contributed by atoms with Crippen molar-refractivity contribution in [2.45, 2.75) is 63.7 Å². The maximum atomic E-state index is 13.7. The molecule has 3 amide bonds. The molecule has 12 nitrogen and oxygen atoms in total. The number of benzene rings is 2. The minimum absolute atomic E-state index is 0.00731. The van der Waals surface area contributed by atoms with E-state index in [4.69, 9.17) is 5.73 Å². The fraction of sp³-hybridized carbons (Fsp3) is 0.367.